The number of carbonyl (C=O) groups is 1. The zero-order valence-electron chi connectivity index (χ0n) is 17.5. The fourth-order valence-electron chi connectivity index (χ4n) is 2.95. The van der Waals surface area contributed by atoms with E-state index in [1.807, 2.05) is 0 Å². The van der Waals surface area contributed by atoms with Crippen LogP contribution in [-0.2, 0) is 12.6 Å². The van der Waals surface area contributed by atoms with Crippen LogP contribution in [0.5, 0.6) is 17.2 Å². The highest BCUT2D eigenvalue weighted by atomic mass is 35.5. The molecule has 3 aromatic carbocycles. The SMILES string of the molecule is O=C(Nc1cc(C(F)(F)F)ccc1OCCc1ccc(OC(F)(F)F)cc1)c1cc(Cl)ccc1O. The second-order valence-corrected chi connectivity index (χ2v) is 7.55. The number of nitrogens with one attached hydrogen (secondary N) is 1. The standard InChI is InChI=1S/C23H16ClF6NO4/c24-15-4-7-19(32)17(12-15)21(33)31-18-11-14(22(25,26)27)3-8-20(18)34-10-9-13-1-5-16(6-2-13)35-23(28,29)30/h1-8,11-12,32H,9-10H2,(H,31,33). The molecule has 0 unspecified atom stereocenters. The third-order valence-electron chi connectivity index (χ3n) is 4.56. The maximum absolute atomic E-state index is 13.2. The number of alkyl halides is 6. The molecule has 35 heavy (non-hydrogen) atoms. The van der Waals surface area contributed by atoms with Crippen molar-refractivity contribution in [1.29, 1.82) is 0 Å². The summed E-state index contributed by atoms with van der Waals surface area (Å²) in [6.45, 7) is -0.0733. The van der Waals surface area contributed by atoms with E-state index in [1.165, 1.54) is 18.2 Å². The Bertz CT molecular complexity index is 1200. The van der Waals surface area contributed by atoms with Crippen molar-refractivity contribution < 1.29 is 45.7 Å². The van der Waals surface area contributed by atoms with Crippen LogP contribution in [-0.4, -0.2) is 24.0 Å². The molecule has 0 aliphatic carbocycles. The van der Waals surface area contributed by atoms with E-state index >= 15 is 0 Å². The molecule has 5 nitrogen and oxygen atoms in total. The van der Waals surface area contributed by atoms with Gasteiger partial charge in [-0.25, -0.2) is 0 Å². The third kappa shape index (κ3) is 7.44. The summed E-state index contributed by atoms with van der Waals surface area (Å²) in [5.41, 5.74) is -1.04. The molecule has 0 saturated carbocycles. The van der Waals surface area contributed by atoms with Gasteiger partial charge in [-0.15, -0.1) is 13.2 Å². The van der Waals surface area contributed by atoms with Crippen molar-refractivity contribution >= 4 is 23.2 Å². The number of aromatic hydroxyl groups is 1. The molecule has 0 aromatic heterocycles. The van der Waals surface area contributed by atoms with Crippen LogP contribution < -0.4 is 14.8 Å². The number of amides is 1. The van der Waals surface area contributed by atoms with Crippen molar-refractivity contribution in [2.24, 2.45) is 0 Å². The van der Waals surface area contributed by atoms with Crippen LogP contribution in [0, 0.1) is 0 Å². The largest absolute Gasteiger partial charge is 0.573 e. The van der Waals surface area contributed by atoms with Gasteiger partial charge in [-0.1, -0.05) is 23.7 Å². The van der Waals surface area contributed by atoms with E-state index in [4.69, 9.17) is 16.3 Å². The lowest BCUT2D eigenvalue weighted by Gasteiger charge is -2.16. The molecule has 186 valence electrons. The minimum absolute atomic E-state index is 0.0733. The van der Waals surface area contributed by atoms with Gasteiger partial charge in [0.15, 0.2) is 0 Å². The molecule has 0 aliphatic rings. The fraction of sp³-hybridized carbons (Fsp3) is 0.174. The predicted molar refractivity (Wildman–Crippen MR) is 115 cm³/mol. The molecule has 0 fully saturated rings. The van der Waals surface area contributed by atoms with Gasteiger partial charge in [0.2, 0.25) is 0 Å². The molecule has 0 radical (unpaired) electrons. The van der Waals surface area contributed by atoms with Gasteiger partial charge >= 0.3 is 12.5 Å². The van der Waals surface area contributed by atoms with Crippen molar-refractivity contribution in [2.75, 3.05) is 11.9 Å². The number of hydrogen-bond acceptors (Lipinski definition) is 4. The fourth-order valence-corrected chi connectivity index (χ4v) is 3.12. The number of anilines is 1. The minimum Gasteiger partial charge on any atom is -0.507 e. The summed E-state index contributed by atoms with van der Waals surface area (Å²) in [5.74, 6) is -1.85. The first-order chi connectivity index (χ1) is 16.3. The van der Waals surface area contributed by atoms with E-state index in [9.17, 15) is 36.2 Å². The Morgan fingerprint density at radius 3 is 2.26 bits per heavy atom. The second kappa shape index (κ2) is 10.3. The second-order valence-electron chi connectivity index (χ2n) is 7.11. The summed E-state index contributed by atoms with van der Waals surface area (Å²) in [4.78, 5) is 12.6. The van der Waals surface area contributed by atoms with Gasteiger partial charge in [0.25, 0.3) is 5.91 Å². The summed E-state index contributed by atoms with van der Waals surface area (Å²) in [7, 11) is 0. The van der Waals surface area contributed by atoms with Crippen molar-refractivity contribution in [2.45, 2.75) is 19.0 Å². The van der Waals surface area contributed by atoms with Gasteiger partial charge in [-0.3, -0.25) is 4.79 Å². The van der Waals surface area contributed by atoms with E-state index in [0.717, 1.165) is 36.4 Å². The van der Waals surface area contributed by atoms with Crippen molar-refractivity contribution in [1.82, 2.24) is 0 Å². The Balaban J connectivity index is 1.75. The lowest BCUT2D eigenvalue weighted by molar-refractivity contribution is -0.274. The van der Waals surface area contributed by atoms with Crippen LogP contribution in [0.2, 0.25) is 5.02 Å². The summed E-state index contributed by atoms with van der Waals surface area (Å²) in [6, 6.07) is 11.1. The number of carbonyl (C=O) groups excluding carboxylic acids is 1. The first-order valence-corrected chi connectivity index (χ1v) is 10.2. The van der Waals surface area contributed by atoms with Gasteiger partial charge in [0.1, 0.15) is 17.2 Å². The molecule has 1 amide bonds. The Morgan fingerprint density at radius 2 is 1.63 bits per heavy atom. The zero-order chi connectivity index (χ0) is 25.8. The molecule has 3 aromatic rings. The molecular weight excluding hydrogens is 504 g/mol. The van der Waals surface area contributed by atoms with Crippen LogP contribution >= 0.6 is 11.6 Å². The Kier molecular flexibility index (Phi) is 7.69. The highest BCUT2D eigenvalue weighted by molar-refractivity contribution is 6.31. The van der Waals surface area contributed by atoms with Crippen LogP contribution in [0.25, 0.3) is 0 Å². The topological polar surface area (TPSA) is 67.8 Å². The summed E-state index contributed by atoms with van der Waals surface area (Å²) in [6.07, 6.45) is -9.33. The smallest absolute Gasteiger partial charge is 0.507 e. The number of hydrogen-bond donors (Lipinski definition) is 2. The average molecular weight is 520 g/mol. The van der Waals surface area contributed by atoms with Crippen LogP contribution in [0.1, 0.15) is 21.5 Å². The highest BCUT2D eigenvalue weighted by Gasteiger charge is 2.32. The Labute approximate surface area is 199 Å². The van der Waals surface area contributed by atoms with Gasteiger partial charge in [0.05, 0.1) is 23.4 Å². The number of rotatable bonds is 7. The predicted octanol–water partition coefficient (Wildman–Crippen LogP) is 6.84. The lowest BCUT2D eigenvalue weighted by atomic mass is 10.1. The van der Waals surface area contributed by atoms with E-state index < -0.39 is 35.5 Å². The Morgan fingerprint density at radius 1 is 0.943 bits per heavy atom. The number of phenolic OH excluding ortho intramolecular Hbond substituents is 1. The maximum Gasteiger partial charge on any atom is 0.573 e. The molecule has 12 heteroatoms. The quantitative estimate of drug-likeness (QED) is 0.336. The third-order valence-corrected chi connectivity index (χ3v) is 4.80. The zero-order valence-corrected chi connectivity index (χ0v) is 18.3. The highest BCUT2D eigenvalue weighted by Crippen LogP contribution is 2.36. The number of halogens is 7. The van der Waals surface area contributed by atoms with Gasteiger partial charge < -0.3 is 19.9 Å². The molecule has 0 aliphatic heterocycles. The van der Waals surface area contributed by atoms with Crippen LogP contribution in [0.4, 0.5) is 32.0 Å². The van der Waals surface area contributed by atoms with Crippen molar-refractivity contribution in [3.05, 3.63) is 82.4 Å². The van der Waals surface area contributed by atoms with E-state index in [1.54, 1.807) is 0 Å². The molecule has 0 spiro atoms. The first kappa shape index (κ1) is 26.0. The molecule has 2 N–H and O–H groups in total. The molecular formula is C23H16ClF6NO4. The summed E-state index contributed by atoms with van der Waals surface area (Å²) >= 11 is 5.82. The molecule has 0 bridgehead atoms. The maximum atomic E-state index is 13.2. The number of benzene rings is 3. The molecule has 0 atom stereocenters. The van der Waals surface area contributed by atoms with E-state index in [0.29, 0.717) is 11.6 Å². The number of ether oxygens (including phenoxy) is 2. The monoisotopic (exact) mass is 519 g/mol. The van der Waals surface area contributed by atoms with Crippen molar-refractivity contribution in [3.63, 3.8) is 0 Å². The van der Waals surface area contributed by atoms with Gasteiger partial charge in [-0.05, 0) is 54.1 Å². The molecule has 3 rings (SSSR count). The van der Waals surface area contributed by atoms with Gasteiger partial charge in [-0.2, -0.15) is 13.2 Å². The van der Waals surface area contributed by atoms with E-state index in [-0.39, 0.29) is 35.1 Å². The lowest BCUT2D eigenvalue weighted by Crippen LogP contribution is -2.17. The molecule has 0 heterocycles. The van der Waals surface area contributed by atoms with Crippen LogP contribution in [0.15, 0.2) is 60.7 Å². The first-order valence-electron chi connectivity index (χ1n) is 9.80. The van der Waals surface area contributed by atoms with E-state index in [2.05, 4.69) is 10.1 Å². The minimum atomic E-state index is -4.82. The van der Waals surface area contributed by atoms with Crippen LogP contribution in [0.3, 0.4) is 0 Å². The van der Waals surface area contributed by atoms with Crippen molar-refractivity contribution in [3.8, 4) is 17.2 Å². The number of phenols is 1. The summed E-state index contributed by atoms with van der Waals surface area (Å²) in [5, 5.41) is 12.3. The Hall–Kier alpha value is -3.60. The molecule has 0 saturated heterocycles. The average Bonchev–Trinajstić information content (AvgIpc) is 2.75. The normalized spacial score (nSPS) is 11.7. The van der Waals surface area contributed by atoms with Gasteiger partial charge in [0, 0.05) is 11.4 Å². The summed E-state index contributed by atoms with van der Waals surface area (Å²) < 4.78 is 85.6.